The molecule has 4 nitrogen and oxygen atoms in total. The summed E-state index contributed by atoms with van der Waals surface area (Å²) in [5.74, 6) is -0.434. The highest BCUT2D eigenvalue weighted by Crippen LogP contribution is 2.28. The summed E-state index contributed by atoms with van der Waals surface area (Å²) in [4.78, 5) is 16.3. The van der Waals surface area contributed by atoms with Gasteiger partial charge in [0.1, 0.15) is 0 Å². The van der Waals surface area contributed by atoms with E-state index < -0.39 is 5.97 Å². The van der Waals surface area contributed by atoms with Crippen LogP contribution in [0.1, 0.15) is 10.5 Å². The van der Waals surface area contributed by atoms with Gasteiger partial charge in [0.2, 0.25) is 0 Å². The maximum absolute atomic E-state index is 11.4. The van der Waals surface area contributed by atoms with Crippen LogP contribution in [0.25, 0.3) is 15.2 Å². The molecule has 3 aromatic rings. The Balaban J connectivity index is 2.30. The molecule has 2 heterocycles. The monoisotopic (exact) mass is 266 g/mol. The Labute approximate surface area is 105 Å². The molecule has 0 spiro atoms. The molecular formula is C11H7ClN2O2S. The number of thiazole rings is 1. The van der Waals surface area contributed by atoms with Crippen LogP contribution < -0.4 is 0 Å². The van der Waals surface area contributed by atoms with Crippen LogP contribution in [0, 0.1) is 0 Å². The first-order valence-electron chi connectivity index (χ1n) is 4.84. The van der Waals surface area contributed by atoms with Gasteiger partial charge in [0.05, 0.1) is 17.3 Å². The summed E-state index contributed by atoms with van der Waals surface area (Å²) in [7, 11) is 1.34. The van der Waals surface area contributed by atoms with Crippen molar-refractivity contribution in [3.63, 3.8) is 0 Å². The van der Waals surface area contributed by atoms with E-state index in [9.17, 15) is 4.79 Å². The van der Waals surface area contributed by atoms with Crippen molar-refractivity contribution in [3.05, 3.63) is 35.1 Å². The average Bonchev–Trinajstić information content (AvgIpc) is 2.86. The van der Waals surface area contributed by atoms with E-state index >= 15 is 0 Å². The number of carbonyl (C=O) groups is 1. The third-order valence-electron chi connectivity index (χ3n) is 2.45. The molecule has 1 aromatic carbocycles. The number of methoxy groups -OCH3 is 1. The fourth-order valence-corrected chi connectivity index (χ4v) is 2.83. The van der Waals surface area contributed by atoms with E-state index in [2.05, 4.69) is 9.72 Å². The molecule has 0 radical (unpaired) electrons. The lowest BCUT2D eigenvalue weighted by Gasteiger charge is -1.93. The predicted molar refractivity (Wildman–Crippen MR) is 66.9 cm³/mol. The Morgan fingerprint density at radius 2 is 2.35 bits per heavy atom. The normalized spacial score (nSPS) is 11.2. The standard InChI is InChI=1S/C11H7ClN2O2S/c1-16-10(15)7-5-14-8-4-6(12)2-3-9(8)17-11(14)13-7/h2-5H,1H3. The van der Waals surface area contributed by atoms with Crippen molar-refractivity contribution in [1.82, 2.24) is 9.38 Å². The minimum absolute atomic E-state index is 0.306. The van der Waals surface area contributed by atoms with Crippen molar-refractivity contribution in [3.8, 4) is 0 Å². The molecule has 0 N–H and O–H groups in total. The van der Waals surface area contributed by atoms with Gasteiger partial charge in [0.25, 0.3) is 0 Å². The van der Waals surface area contributed by atoms with Gasteiger partial charge in [0.15, 0.2) is 10.7 Å². The first-order valence-corrected chi connectivity index (χ1v) is 6.04. The zero-order chi connectivity index (χ0) is 12.0. The maximum Gasteiger partial charge on any atom is 0.358 e. The number of aromatic nitrogens is 2. The minimum atomic E-state index is -0.434. The van der Waals surface area contributed by atoms with Crippen LogP contribution in [0.3, 0.4) is 0 Å². The maximum atomic E-state index is 11.4. The van der Waals surface area contributed by atoms with Gasteiger partial charge in [0, 0.05) is 11.2 Å². The summed E-state index contributed by atoms with van der Waals surface area (Å²) in [6.45, 7) is 0. The van der Waals surface area contributed by atoms with E-state index in [-0.39, 0.29) is 0 Å². The van der Waals surface area contributed by atoms with Crippen LogP contribution in [-0.2, 0) is 4.74 Å². The van der Waals surface area contributed by atoms with E-state index in [4.69, 9.17) is 11.6 Å². The Kier molecular flexibility index (Phi) is 2.31. The molecule has 86 valence electrons. The van der Waals surface area contributed by atoms with Gasteiger partial charge < -0.3 is 4.74 Å². The number of fused-ring (bicyclic) bond motifs is 3. The van der Waals surface area contributed by atoms with E-state index in [1.807, 2.05) is 22.6 Å². The number of esters is 1. The van der Waals surface area contributed by atoms with Crippen LogP contribution in [0.4, 0.5) is 0 Å². The Hall–Kier alpha value is -1.59. The smallest absolute Gasteiger partial charge is 0.358 e. The number of carbonyl (C=O) groups excluding carboxylic acids is 1. The third-order valence-corrected chi connectivity index (χ3v) is 3.72. The molecular weight excluding hydrogens is 260 g/mol. The van der Waals surface area contributed by atoms with Crippen LogP contribution in [-0.4, -0.2) is 22.5 Å². The minimum Gasteiger partial charge on any atom is -0.464 e. The molecule has 6 heteroatoms. The quantitative estimate of drug-likeness (QED) is 0.636. The third kappa shape index (κ3) is 1.59. The summed E-state index contributed by atoms with van der Waals surface area (Å²) in [5, 5.41) is 0.658. The summed E-state index contributed by atoms with van der Waals surface area (Å²) < 4.78 is 7.56. The van der Waals surface area contributed by atoms with Gasteiger partial charge in [-0.05, 0) is 18.2 Å². The molecule has 0 unspecified atom stereocenters. The van der Waals surface area contributed by atoms with Crippen molar-refractivity contribution in [1.29, 1.82) is 0 Å². The summed E-state index contributed by atoms with van der Waals surface area (Å²) >= 11 is 7.46. The Bertz CT molecular complexity index is 732. The highest BCUT2D eigenvalue weighted by molar-refractivity contribution is 7.23. The molecule has 0 saturated heterocycles. The SMILES string of the molecule is COC(=O)c1cn2c(n1)sc1ccc(Cl)cc12. The summed E-state index contributed by atoms with van der Waals surface area (Å²) in [5.41, 5.74) is 1.25. The molecule has 0 aliphatic rings. The van der Waals surface area contributed by atoms with Crippen LogP contribution in [0.5, 0.6) is 0 Å². The summed E-state index contributed by atoms with van der Waals surface area (Å²) in [6.07, 6.45) is 1.66. The number of benzene rings is 1. The lowest BCUT2D eigenvalue weighted by atomic mass is 10.3. The van der Waals surface area contributed by atoms with Gasteiger partial charge in [-0.1, -0.05) is 22.9 Å². The fraction of sp³-hybridized carbons (Fsp3) is 0.0909. The van der Waals surface area contributed by atoms with E-state index in [1.54, 1.807) is 6.20 Å². The Morgan fingerprint density at radius 1 is 1.53 bits per heavy atom. The van der Waals surface area contributed by atoms with Crippen molar-refractivity contribution in [2.75, 3.05) is 7.11 Å². The molecule has 0 bridgehead atoms. The molecule has 17 heavy (non-hydrogen) atoms. The van der Waals surface area contributed by atoms with Gasteiger partial charge in [-0.3, -0.25) is 4.40 Å². The van der Waals surface area contributed by atoms with Crippen LogP contribution in [0.15, 0.2) is 24.4 Å². The zero-order valence-corrected chi connectivity index (χ0v) is 10.4. The first-order chi connectivity index (χ1) is 8.19. The number of hydrogen-bond donors (Lipinski definition) is 0. The molecule has 0 atom stereocenters. The van der Waals surface area contributed by atoms with Gasteiger partial charge >= 0.3 is 5.97 Å². The van der Waals surface area contributed by atoms with Crippen molar-refractivity contribution in [2.24, 2.45) is 0 Å². The highest BCUT2D eigenvalue weighted by atomic mass is 35.5. The van der Waals surface area contributed by atoms with Crippen molar-refractivity contribution in [2.45, 2.75) is 0 Å². The van der Waals surface area contributed by atoms with Gasteiger partial charge in [-0.15, -0.1) is 0 Å². The number of imidazole rings is 1. The van der Waals surface area contributed by atoms with E-state index in [1.165, 1.54) is 18.4 Å². The largest absolute Gasteiger partial charge is 0.464 e. The first kappa shape index (κ1) is 10.6. The molecule has 2 aromatic heterocycles. The van der Waals surface area contributed by atoms with Gasteiger partial charge in [-0.2, -0.15) is 0 Å². The number of hydrogen-bond acceptors (Lipinski definition) is 4. The second-order valence-electron chi connectivity index (χ2n) is 3.48. The highest BCUT2D eigenvalue weighted by Gasteiger charge is 2.14. The lowest BCUT2D eigenvalue weighted by Crippen LogP contribution is -2.00. The van der Waals surface area contributed by atoms with Gasteiger partial charge in [-0.25, -0.2) is 9.78 Å². The number of nitrogens with zero attached hydrogens (tertiary/aromatic N) is 2. The molecule has 3 rings (SSSR count). The second kappa shape index (κ2) is 3.72. The summed E-state index contributed by atoms with van der Waals surface area (Å²) in [6, 6.07) is 5.62. The number of halogens is 1. The second-order valence-corrected chi connectivity index (χ2v) is 4.93. The lowest BCUT2D eigenvalue weighted by molar-refractivity contribution is 0.0595. The Morgan fingerprint density at radius 3 is 3.12 bits per heavy atom. The molecule has 0 amide bonds. The van der Waals surface area contributed by atoms with Crippen molar-refractivity contribution < 1.29 is 9.53 Å². The molecule has 0 aliphatic heterocycles. The molecule has 0 aliphatic carbocycles. The van der Waals surface area contributed by atoms with Crippen LogP contribution >= 0.6 is 22.9 Å². The predicted octanol–water partition coefficient (Wildman–Crippen LogP) is 2.99. The number of rotatable bonds is 1. The molecule has 0 saturated carbocycles. The average molecular weight is 267 g/mol. The topological polar surface area (TPSA) is 43.6 Å². The van der Waals surface area contributed by atoms with Crippen LogP contribution in [0.2, 0.25) is 5.02 Å². The molecule has 0 fully saturated rings. The van der Waals surface area contributed by atoms with Crippen molar-refractivity contribution >= 4 is 44.1 Å². The van der Waals surface area contributed by atoms with E-state index in [0.29, 0.717) is 10.7 Å². The number of ether oxygens (including phenoxy) is 1. The fourth-order valence-electron chi connectivity index (χ4n) is 1.67. The zero-order valence-electron chi connectivity index (χ0n) is 8.81. The van der Waals surface area contributed by atoms with E-state index in [0.717, 1.165) is 15.2 Å².